The van der Waals surface area contributed by atoms with Crippen molar-refractivity contribution in [1.29, 1.82) is 0 Å². The van der Waals surface area contributed by atoms with Gasteiger partial charge in [-0.3, -0.25) is 4.90 Å². The molecule has 7 heteroatoms. The molecule has 2 aromatic heterocycles. The summed E-state index contributed by atoms with van der Waals surface area (Å²) in [4.78, 5) is 18.6. The zero-order valence-electron chi connectivity index (χ0n) is 15.9. The molecule has 1 aliphatic heterocycles. The maximum absolute atomic E-state index is 4.83. The Morgan fingerprint density at radius 2 is 1.78 bits per heavy atom. The number of aryl methyl sites for hydroxylation is 2. The van der Waals surface area contributed by atoms with Crippen LogP contribution >= 0.6 is 0 Å². The van der Waals surface area contributed by atoms with Crippen molar-refractivity contribution in [2.45, 2.75) is 26.9 Å². The Bertz CT molecular complexity index is 882. The molecule has 0 aliphatic carbocycles. The first-order chi connectivity index (χ1) is 13.2. The van der Waals surface area contributed by atoms with Crippen molar-refractivity contribution in [2.75, 3.05) is 31.1 Å². The second kappa shape index (κ2) is 7.84. The second-order valence-electron chi connectivity index (χ2n) is 6.81. The highest BCUT2D eigenvalue weighted by molar-refractivity contribution is 5.57. The number of benzene rings is 1. The summed E-state index contributed by atoms with van der Waals surface area (Å²) in [6.07, 6.45) is 1.64. The zero-order chi connectivity index (χ0) is 18.6. The van der Waals surface area contributed by atoms with Crippen LogP contribution < -0.4 is 4.90 Å². The fraction of sp³-hybridized carbons (Fsp3) is 0.400. The van der Waals surface area contributed by atoms with E-state index < -0.39 is 0 Å². The largest absolute Gasteiger partial charge is 0.354 e. The Kier molecular flexibility index (Phi) is 5.11. The van der Waals surface area contributed by atoms with Crippen molar-refractivity contribution in [1.82, 2.24) is 29.6 Å². The van der Waals surface area contributed by atoms with Crippen LogP contribution in [0.4, 0.5) is 5.82 Å². The molecule has 0 bridgehead atoms. The van der Waals surface area contributed by atoms with Gasteiger partial charge in [-0.05, 0) is 13.8 Å². The summed E-state index contributed by atoms with van der Waals surface area (Å²) in [6, 6.07) is 12.2. The minimum atomic E-state index is 0.795. The van der Waals surface area contributed by atoms with E-state index >= 15 is 0 Å². The molecule has 0 atom stereocenters. The molecule has 7 nitrogen and oxygen atoms in total. The monoisotopic (exact) mass is 363 g/mol. The van der Waals surface area contributed by atoms with Crippen LogP contribution in [0, 0.1) is 6.92 Å². The lowest BCUT2D eigenvalue weighted by Crippen LogP contribution is -2.46. The first kappa shape index (κ1) is 17.6. The molecule has 27 heavy (non-hydrogen) atoms. The van der Waals surface area contributed by atoms with Gasteiger partial charge in [0.1, 0.15) is 18.0 Å². The van der Waals surface area contributed by atoms with Crippen LogP contribution in [-0.4, -0.2) is 55.8 Å². The molecule has 3 aromatic rings. The smallest absolute Gasteiger partial charge is 0.161 e. The van der Waals surface area contributed by atoms with Crippen LogP contribution in [-0.2, 0) is 13.1 Å². The Labute approximate surface area is 159 Å². The molecular formula is C20H25N7. The molecule has 0 radical (unpaired) electrons. The molecular weight excluding hydrogens is 338 g/mol. The highest BCUT2D eigenvalue weighted by atomic mass is 15.4. The highest BCUT2D eigenvalue weighted by Gasteiger charge is 2.20. The fourth-order valence-corrected chi connectivity index (χ4v) is 3.44. The minimum absolute atomic E-state index is 0.795. The summed E-state index contributed by atoms with van der Waals surface area (Å²) in [7, 11) is 0. The number of hydrogen-bond donors (Lipinski definition) is 0. The van der Waals surface area contributed by atoms with Gasteiger partial charge >= 0.3 is 0 Å². The second-order valence-corrected chi connectivity index (χ2v) is 6.81. The third-order valence-electron chi connectivity index (χ3n) is 4.93. The summed E-state index contributed by atoms with van der Waals surface area (Å²) in [5.74, 6) is 2.84. The predicted octanol–water partition coefficient (Wildman–Crippen LogP) is 2.39. The van der Waals surface area contributed by atoms with Gasteiger partial charge in [-0.1, -0.05) is 30.3 Å². The molecule has 1 aromatic carbocycles. The van der Waals surface area contributed by atoms with Crippen molar-refractivity contribution in [3.05, 3.63) is 54.2 Å². The first-order valence-corrected chi connectivity index (χ1v) is 9.48. The van der Waals surface area contributed by atoms with Crippen molar-refractivity contribution in [3.8, 4) is 11.4 Å². The number of aromatic nitrogens is 5. The number of rotatable bonds is 5. The summed E-state index contributed by atoms with van der Waals surface area (Å²) >= 11 is 0. The van der Waals surface area contributed by atoms with Gasteiger partial charge in [0.05, 0.1) is 6.54 Å². The maximum Gasteiger partial charge on any atom is 0.161 e. The van der Waals surface area contributed by atoms with E-state index in [0.29, 0.717) is 0 Å². The topological polar surface area (TPSA) is 63.0 Å². The number of hydrogen-bond acceptors (Lipinski definition) is 6. The zero-order valence-corrected chi connectivity index (χ0v) is 15.9. The van der Waals surface area contributed by atoms with E-state index in [1.807, 2.05) is 29.8 Å². The summed E-state index contributed by atoms with van der Waals surface area (Å²) in [6.45, 7) is 9.71. The van der Waals surface area contributed by atoms with E-state index in [9.17, 15) is 0 Å². The van der Waals surface area contributed by atoms with Gasteiger partial charge in [0, 0.05) is 50.0 Å². The van der Waals surface area contributed by atoms with Gasteiger partial charge in [0.15, 0.2) is 5.82 Å². The third-order valence-corrected chi connectivity index (χ3v) is 4.93. The lowest BCUT2D eigenvalue weighted by molar-refractivity contribution is 0.239. The Hall–Kier alpha value is -2.80. The molecule has 140 valence electrons. The van der Waals surface area contributed by atoms with Gasteiger partial charge < -0.3 is 4.90 Å². The fourth-order valence-electron chi connectivity index (χ4n) is 3.44. The lowest BCUT2D eigenvalue weighted by atomic mass is 10.2. The van der Waals surface area contributed by atoms with Crippen LogP contribution in [0.15, 0.2) is 42.7 Å². The molecule has 0 amide bonds. The molecule has 0 unspecified atom stereocenters. The standard InChI is InChI=1S/C20H25N7/c1-3-27-19(21-15-22-27)14-25-9-11-26(12-10-25)18-13-16(2)23-20(24-18)17-7-5-4-6-8-17/h4-8,13,15H,3,9-12,14H2,1-2H3. The van der Waals surface area contributed by atoms with Crippen molar-refractivity contribution < 1.29 is 0 Å². The van der Waals surface area contributed by atoms with E-state index in [1.54, 1.807) is 6.33 Å². The molecule has 3 heterocycles. The lowest BCUT2D eigenvalue weighted by Gasteiger charge is -2.35. The first-order valence-electron chi connectivity index (χ1n) is 9.48. The molecule has 4 rings (SSSR count). The van der Waals surface area contributed by atoms with Gasteiger partial charge in [0.2, 0.25) is 0 Å². The summed E-state index contributed by atoms with van der Waals surface area (Å²) in [5.41, 5.74) is 2.05. The predicted molar refractivity (Wildman–Crippen MR) is 105 cm³/mol. The van der Waals surface area contributed by atoms with Gasteiger partial charge in [-0.15, -0.1) is 0 Å². The summed E-state index contributed by atoms with van der Waals surface area (Å²) in [5, 5.41) is 4.26. The quantitative estimate of drug-likeness (QED) is 0.694. The molecule has 1 saturated heterocycles. The van der Waals surface area contributed by atoms with E-state index in [0.717, 1.165) is 68.0 Å². The maximum atomic E-state index is 4.83. The average Bonchev–Trinajstić information content (AvgIpc) is 3.16. The van der Waals surface area contributed by atoms with Crippen molar-refractivity contribution in [2.24, 2.45) is 0 Å². The Balaban J connectivity index is 1.44. The van der Waals surface area contributed by atoms with E-state index in [1.165, 1.54) is 0 Å². The summed E-state index contributed by atoms with van der Waals surface area (Å²) < 4.78 is 1.96. The third kappa shape index (κ3) is 3.98. The van der Waals surface area contributed by atoms with E-state index in [-0.39, 0.29) is 0 Å². The molecule has 0 saturated carbocycles. The van der Waals surface area contributed by atoms with Crippen LogP contribution in [0.5, 0.6) is 0 Å². The van der Waals surface area contributed by atoms with Crippen LogP contribution in [0.2, 0.25) is 0 Å². The van der Waals surface area contributed by atoms with E-state index in [4.69, 9.17) is 4.98 Å². The van der Waals surface area contributed by atoms with Gasteiger partial charge in [0.25, 0.3) is 0 Å². The SMILES string of the molecule is CCn1ncnc1CN1CCN(c2cc(C)nc(-c3ccccc3)n2)CC1. The number of piperazine rings is 1. The molecule has 0 spiro atoms. The number of nitrogens with zero attached hydrogens (tertiary/aromatic N) is 7. The van der Waals surface area contributed by atoms with E-state index in [2.05, 4.69) is 50.0 Å². The normalized spacial score (nSPS) is 15.3. The highest BCUT2D eigenvalue weighted by Crippen LogP contribution is 2.21. The van der Waals surface area contributed by atoms with Crippen LogP contribution in [0.1, 0.15) is 18.4 Å². The molecule has 0 N–H and O–H groups in total. The minimum Gasteiger partial charge on any atom is -0.354 e. The Morgan fingerprint density at radius 3 is 2.52 bits per heavy atom. The number of anilines is 1. The van der Waals surface area contributed by atoms with Gasteiger partial charge in [-0.25, -0.2) is 19.6 Å². The molecule has 1 fully saturated rings. The average molecular weight is 363 g/mol. The van der Waals surface area contributed by atoms with Gasteiger partial charge in [-0.2, -0.15) is 5.10 Å². The molecule has 1 aliphatic rings. The van der Waals surface area contributed by atoms with Crippen molar-refractivity contribution >= 4 is 5.82 Å². The Morgan fingerprint density at radius 1 is 1.00 bits per heavy atom. The van der Waals surface area contributed by atoms with Crippen LogP contribution in [0.25, 0.3) is 11.4 Å². The van der Waals surface area contributed by atoms with Crippen LogP contribution in [0.3, 0.4) is 0 Å². The van der Waals surface area contributed by atoms with Crippen molar-refractivity contribution in [3.63, 3.8) is 0 Å².